The molecule has 3 amide bonds. The number of benzene rings is 2. The van der Waals surface area contributed by atoms with Crippen LogP contribution in [0.5, 0.6) is 0 Å². The molecule has 2 N–H and O–H groups in total. The fraction of sp³-hybridized carbons (Fsp3) is 0.531. The van der Waals surface area contributed by atoms with Gasteiger partial charge in [-0.15, -0.1) is 0 Å². The predicted molar refractivity (Wildman–Crippen MR) is 161 cm³/mol. The Balaban J connectivity index is 2.10. The van der Waals surface area contributed by atoms with Gasteiger partial charge in [0.1, 0.15) is 17.7 Å². The van der Waals surface area contributed by atoms with Crippen LogP contribution in [-0.4, -0.2) is 40.5 Å². The summed E-state index contributed by atoms with van der Waals surface area (Å²) >= 11 is 6.48. The van der Waals surface area contributed by atoms with Crippen LogP contribution in [0.3, 0.4) is 0 Å². The molecule has 218 valence electrons. The molecule has 0 saturated heterocycles. The first kappa shape index (κ1) is 31.5. The van der Waals surface area contributed by atoms with Crippen molar-refractivity contribution >= 4 is 35.2 Å². The van der Waals surface area contributed by atoms with E-state index in [9.17, 15) is 14.4 Å². The third-order valence-electron chi connectivity index (χ3n) is 7.10. The molecule has 1 fully saturated rings. The summed E-state index contributed by atoms with van der Waals surface area (Å²) in [4.78, 5) is 43.2. The Morgan fingerprint density at radius 1 is 1.07 bits per heavy atom. The predicted octanol–water partition coefficient (Wildman–Crippen LogP) is 7.12. The Morgan fingerprint density at radius 3 is 2.27 bits per heavy atom. The molecule has 1 saturated carbocycles. The first-order valence-corrected chi connectivity index (χ1v) is 14.4. The largest absolute Gasteiger partial charge is 0.444 e. The number of ether oxygens (including phenoxy) is 1. The molecular weight excluding hydrogens is 526 g/mol. The molecular formula is C32H44ClN3O4. The fourth-order valence-electron chi connectivity index (χ4n) is 4.95. The van der Waals surface area contributed by atoms with Crippen molar-refractivity contribution in [3.63, 3.8) is 0 Å². The highest BCUT2D eigenvalue weighted by molar-refractivity contribution is 6.34. The third kappa shape index (κ3) is 8.00. The van der Waals surface area contributed by atoms with E-state index in [2.05, 4.69) is 17.6 Å². The van der Waals surface area contributed by atoms with Gasteiger partial charge in [0.05, 0.1) is 10.7 Å². The van der Waals surface area contributed by atoms with Crippen LogP contribution in [0, 0.1) is 32.6 Å². The lowest BCUT2D eigenvalue weighted by Crippen LogP contribution is -2.54. The fourth-order valence-corrected chi connectivity index (χ4v) is 5.22. The summed E-state index contributed by atoms with van der Waals surface area (Å²) in [6.45, 7) is 17.2. The highest BCUT2D eigenvalue weighted by Gasteiger charge is 2.48. The van der Waals surface area contributed by atoms with Crippen LogP contribution in [0.4, 0.5) is 10.5 Å². The Morgan fingerprint density at radius 2 is 1.73 bits per heavy atom. The number of carbonyl (C=O) groups excluding carboxylic acids is 3. The molecule has 4 atom stereocenters. The van der Waals surface area contributed by atoms with E-state index >= 15 is 0 Å². The zero-order valence-corrected chi connectivity index (χ0v) is 26.0. The highest BCUT2D eigenvalue weighted by Crippen LogP contribution is 2.42. The van der Waals surface area contributed by atoms with Crippen LogP contribution in [-0.2, 0) is 14.3 Å². The molecule has 8 heteroatoms. The maximum absolute atomic E-state index is 14.5. The molecule has 0 spiro atoms. The molecule has 0 heterocycles. The molecule has 0 radical (unpaired) electrons. The normalized spacial score (nSPS) is 18.1. The number of para-hydroxylation sites is 1. The maximum atomic E-state index is 14.5. The van der Waals surface area contributed by atoms with E-state index in [4.69, 9.17) is 16.3 Å². The van der Waals surface area contributed by atoms with Gasteiger partial charge in [0.2, 0.25) is 5.91 Å². The topological polar surface area (TPSA) is 87.7 Å². The minimum atomic E-state index is -0.923. The number of amides is 3. The molecule has 1 aliphatic rings. The Labute approximate surface area is 244 Å². The van der Waals surface area contributed by atoms with Crippen molar-refractivity contribution < 1.29 is 19.1 Å². The highest BCUT2D eigenvalue weighted by atomic mass is 35.5. The first-order chi connectivity index (χ1) is 18.6. The number of nitrogens with zero attached hydrogens (tertiary/aromatic N) is 1. The van der Waals surface area contributed by atoms with Gasteiger partial charge in [-0.25, -0.2) is 4.79 Å². The number of rotatable bonds is 9. The van der Waals surface area contributed by atoms with Crippen molar-refractivity contribution in [1.29, 1.82) is 0 Å². The molecule has 2 aromatic rings. The minimum absolute atomic E-state index is 0.112. The zero-order valence-electron chi connectivity index (χ0n) is 25.2. The molecule has 1 aliphatic carbocycles. The Hall–Kier alpha value is -3.06. The average Bonchev–Trinajstić information content (AvgIpc) is 3.54. The van der Waals surface area contributed by atoms with Crippen LogP contribution in [0.25, 0.3) is 0 Å². The van der Waals surface area contributed by atoms with Gasteiger partial charge in [0.15, 0.2) is 0 Å². The number of hydrogen-bond acceptors (Lipinski definition) is 4. The quantitative estimate of drug-likeness (QED) is 0.336. The van der Waals surface area contributed by atoms with Crippen molar-refractivity contribution in [3.8, 4) is 0 Å². The van der Waals surface area contributed by atoms with Crippen LogP contribution in [0.1, 0.15) is 82.7 Å². The molecule has 7 nitrogen and oxygen atoms in total. The number of aryl methyl sites for hydroxylation is 3. The van der Waals surface area contributed by atoms with E-state index in [1.807, 2.05) is 65.0 Å². The number of nitrogens with one attached hydrogen (secondary N) is 2. The Kier molecular flexibility index (Phi) is 9.94. The van der Waals surface area contributed by atoms with Gasteiger partial charge in [-0.3, -0.25) is 9.59 Å². The van der Waals surface area contributed by atoms with E-state index in [0.717, 1.165) is 28.7 Å². The average molecular weight is 570 g/mol. The van der Waals surface area contributed by atoms with Gasteiger partial charge in [-0.05, 0) is 89.0 Å². The smallest absolute Gasteiger partial charge is 0.408 e. The molecule has 0 aromatic heterocycles. The van der Waals surface area contributed by atoms with Crippen molar-refractivity contribution in [2.24, 2.45) is 11.8 Å². The third-order valence-corrected chi connectivity index (χ3v) is 7.42. The first-order valence-electron chi connectivity index (χ1n) is 14.0. The zero-order chi connectivity index (χ0) is 29.9. The SMILES string of the molecule is Cc1ccc(C)c(C(C(=O)Nc2c(C)cccc2Cl)N(C(=O)C(CC(C)C)NC(=O)OC(C)(C)C)C2CC2C)c1. The monoisotopic (exact) mass is 569 g/mol. The number of alkyl carbamates (subject to hydrolysis) is 1. The van der Waals surface area contributed by atoms with Gasteiger partial charge in [-0.1, -0.05) is 68.3 Å². The Bertz CT molecular complexity index is 1230. The molecule has 3 rings (SSSR count). The minimum Gasteiger partial charge on any atom is -0.444 e. The van der Waals surface area contributed by atoms with Crippen LogP contribution >= 0.6 is 11.6 Å². The number of anilines is 1. The van der Waals surface area contributed by atoms with E-state index in [1.54, 1.807) is 31.7 Å². The molecule has 0 bridgehead atoms. The molecule has 40 heavy (non-hydrogen) atoms. The summed E-state index contributed by atoms with van der Waals surface area (Å²) in [6.07, 6.45) is 0.516. The van der Waals surface area contributed by atoms with Gasteiger partial charge in [-0.2, -0.15) is 0 Å². The van der Waals surface area contributed by atoms with Crippen LogP contribution in [0.2, 0.25) is 5.02 Å². The van der Waals surface area contributed by atoms with E-state index in [0.29, 0.717) is 17.1 Å². The summed E-state index contributed by atoms with van der Waals surface area (Å²) in [5.41, 5.74) is 3.25. The number of halogens is 1. The van der Waals surface area contributed by atoms with Crippen LogP contribution < -0.4 is 10.6 Å². The lowest BCUT2D eigenvalue weighted by molar-refractivity contribution is -0.142. The summed E-state index contributed by atoms with van der Waals surface area (Å²) in [7, 11) is 0. The summed E-state index contributed by atoms with van der Waals surface area (Å²) in [6, 6.07) is 9.43. The van der Waals surface area contributed by atoms with Crippen molar-refractivity contribution in [2.45, 2.75) is 98.9 Å². The molecule has 2 aromatic carbocycles. The summed E-state index contributed by atoms with van der Waals surface area (Å²) in [5.74, 6) is -0.322. The lowest BCUT2D eigenvalue weighted by atomic mass is 9.94. The van der Waals surface area contributed by atoms with Crippen molar-refractivity contribution in [3.05, 3.63) is 63.7 Å². The maximum Gasteiger partial charge on any atom is 0.408 e. The van der Waals surface area contributed by atoms with Crippen molar-refractivity contribution in [1.82, 2.24) is 10.2 Å². The summed E-state index contributed by atoms with van der Waals surface area (Å²) < 4.78 is 5.49. The number of hydrogen-bond donors (Lipinski definition) is 2. The van der Waals surface area contributed by atoms with E-state index in [-0.39, 0.29) is 29.7 Å². The van der Waals surface area contributed by atoms with Gasteiger partial charge < -0.3 is 20.3 Å². The standard InChI is InChI=1S/C32H44ClN3O4/c1-18(2)15-25(34-31(39)40-32(7,8)9)30(38)36(26-17-22(26)6)28(23-16-19(3)13-14-20(23)4)29(37)35-27-21(5)11-10-12-24(27)33/h10-14,16,18,22,25-26,28H,15,17H2,1-9H3,(H,34,39)(H,35,37). The molecule has 4 unspecified atom stereocenters. The van der Waals surface area contributed by atoms with Gasteiger partial charge in [0, 0.05) is 6.04 Å². The molecule has 0 aliphatic heterocycles. The number of carbonyl (C=O) groups is 3. The summed E-state index contributed by atoms with van der Waals surface area (Å²) in [5, 5.41) is 6.27. The lowest BCUT2D eigenvalue weighted by Gasteiger charge is -2.36. The second-order valence-corrected chi connectivity index (χ2v) is 12.9. The van der Waals surface area contributed by atoms with E-state index < -0.39 is 23.8 Å². The van der Waals surface area contributed by atoms with Crippen molar-refractivity contribution in [2.75, 3.05) is 5.32 Å². The van der Waals surface area contributed by atoms with E-state index in [1.165, 1.54) is 0 Å². The van der Waals surface area contributed by atoms with Gasteiger partial charge in [0.25, 0.3) is 5.91 Å². The van der Waals surface area contributed by atoms with Gasteiger partial charge >= 0.3 is 6.09 Å². The second-order valence-electron chi connectivity index (χ2n) is 12.5. The van der Waals surface area contributed by atoms with Crippen LogP contribution in [0.15, 0.2) is 36.4 Å². The second kappa shape index (κ2) is 12.6.